The largest absolute Gasteiger partial charge is 0.496 e. The molecule has 1 aliphatic heterocycles. The van der Waals surface area contributed by atoms with E-state index in [0.29, 0.717) is 0 Å². The van der Waals surface area contributed by atoms with Crippen LogP contribution in [0.5, 0.6) is 5.75 Å². The number of methoxy groups -OCH3 is 1. The maximum atomic E-state index is 5.59. The van der Waals surface area contributed by atoms with Crippen molar-refractivity contribution in [3.8, 4) is 5.75 Å². The Bertz CT molecular complexity index is 656. The van der Waals surface area contributed by atoms with Gasteiger partial charge in [-0.15, -0.1) is 24.0 Å². The second-order valence-electron chi connectivity index (χ2n) is 7.97. The molecular weight excluding hydrogens is 479 g/mol. The molecule has 2 fully saturated rings. The summed E-state index contributed by atoms with van der Waals surface area (Å²) in [5, 5.41) is 7.07. The highest BCUT2D eigenvalue weighted by Crippen LogP contribution is 2.33. The molecular formula is C22H37IN4O2. The summed E-state index contributed by atoms with van der Waals surface area (Å²) in [6.45, 7) is 7.50. The summed E-state index contributed by atoms with van der Waals surface area (Å²) in [6.07, 6.45) is 6.50. The molecule has 1 aromatic carbocycles. The molecule has 7 heteroatoms. The van der Waals surface area contributed by atoms with E-state index < -0.39 is 0 Å². The molecule has 164 valence electrons. The molecule has 1 aliphatic carbocycles. The number of hydrogen-bond donors (Lipinski definition) is 2. The van der Waals surface area contributed by atoms with Gasteiger partial charge in [0.25, 0.3) is 0 Å². The van der Waals surface area contributed by atoms with Crippen LogP contribution in [0.25, 0.3) is 0 Å². The van der Waals surface area contributed by atoms with Crippen LogP contribution in [0.2, 0.25) is 0 Å². The Morgan fingerprint density at radius 3 is 2.55 bits per heavy atom. The topological polar surface area (TPSA) is 58.1 Å². The number of hydrogen-bond acceptors (Lipinski definition) is 4. The summed E-state index contributed by atoms with van der Waals surface area (Å²) in [4.78, 5) is 7.10. The van der Waals surface area contributed by atoms with E-state index in [1.807, 2.05) is 7.05 Å². The van der Waals surface area contributed by atoms with Crippen molar-refractivity contribution in [2.24, 2.45) is 4.99 Å². The Balaban J connectivity index is 0.00000300. The van der Waals surface area contributed by atoms with Crippen LogP contribution in [0.1, 0.15) is 43.2 Å². The van der Waals surface area contributed by atoms with Gasteiger partial charge in [0.15, 0.2) is 5.96 Å². The zero-order valence-corrected chi connectivity index (χ0v) is 20.5. The first-order valence-corrected chi connectivity index (χ1v) is 10.6. The van der Waals surface area contributed by atoms with Gasteiger partial charge in [0.1, 0.15) is 5.75 Å². The molecule has 0 unspecified atom stereocenters. The zero-order chi connectivity index (χ0) is 19.8. The van der Waals surface area contributed by atoms with Crippen molar-refractivity contribution in [3.63, 3.8) is 0 Å². The van der Waals surface area contributed by atoms with E-state index in [1.165, 1.54) is 37.7 Å². The van der Waals surface area contributed by atoms with E-state index in [-0.39, 0.29) is 29.5 Å². The second-order valence-corrected chi connectivity index (χ2v) is 7.97. The maximum Gasteiger partial charge on any atom is 0.191 e. The Labute approximate surface area is 192 Å². The van der Waals surface area contributed by atoms with Gasteiger partial charge >= 0.3 is 0 Å². The van der Waals surface area contributed by atoms with E-state index in [2.05, 4.69) is 45.6 Å². The predicted molar refractivity (Wildman–Crippen MR) is 130 cm³/mol. The van der Waals surface area contributed by atoms with Gasteiger partial charge < -0.3 is 20.1 Å². The van der Waals surface area contributed by atoms with Crippen LogP contribution in [-0.4, -0.2) is 63.4 Å². The summed E-state index contributed by atoms with van der Waals surface area (Å²) in [7, 11) is 3.56. The van der Waals surface area contributed by atoms with E-state index in [0.717, 1.165) is 56.7 Å². The van der Waals surface area contributed by atoms with Gasteiger partial charge in [-0.25, -0.2) is 0 Å². The predicted octanol–water partition coefficient (Wildman–Crippen LogP) is 3.32. The highest BCUT2D eigenvalue weighted by atomic mass is 127. The Morgan fingerprint density at radius 2 is 1.90 bits per heavy atom. The minimum Gasteiger partial charge on any atom is -0.496 e. The SMILES string of the molecule is CN=C(NCc1ccc(C)c(OC)c1)NCC1(N2CCOCC2)CCCCC1.I. The molecule has 1 saturated heterocycles. The van der Waals surface area contributed by atoms with Gasteiger partial charge in [0.2, 0.25) is 0 Å². The number of nitrogens with zero attached hydrogens (tertiary/aromatic N) is 2. The number of aryl methyl sites for hydroxylation is 1. The molecule has 1 saturated carbocycles. The van der Waals surface area contributed by atoms with Crippen LogP contribution in [0, 0.1) is 6.92 Å². The summed E-state index contributed by atoms with van der Waals surface area (Å²) in [5.74, 6) is 1.79. The Hall–Kier alpha value is -1.06. The number of benzene rings is 1. The summed E-state index contributed by atoms with van der Waals surface area (Å²) < 4.78 is 11.0. The number of nitrogens with one attached hydrogen (secondary N) is 2. The van der Waals surface area contributed by atoms with Crippen molar-refractivity contribution in [1.82, 2.24) is 15.5 Å². The van der Waals surface area contributed by atoms with Crippen molar-refractivity contribution >= 4 is 29.9 Å². The van der Waals surface area contributed by atoms with Crippen molar-refractivity contribution < 1.29 is 9.47 Å². The van der Waals surface area contributed by atoms with Crippen molar-refractivity contribution in [2.75, 3.05) is 47.0 Å². The smallest absolute Gasteiger partial charge is 0.191 e. The fourth-order valence-corrected chi connectivity index (χ4v) is 4.48. The van der Waals surface area contributed by atoms with Gasteiger partial charge in [-0.1, -0.05) is 31.4 Å². The number of ether oxygens (including phenoxy) is 2. The number of halogens is 1. The summed E-state index contributed by atoms with van der Waals surface area (Å²) in [5.41, 5.74) is 2.57. The van der Waals surface area contributed by atoms with Gasteiger partial charge in [0.05, 0.1) is 20.3 Å². The van der Waals surface area contributed by atoms with Crippen LogP contribution in [-0.2, 0) is 11.3 Å². The van der Waals surface area contributed by atoms with E-state index in [4.69, 9.17) is 9.47 Å². The van der Waals surface area contributed by atoms with Crippen LogP contribution >= 0.6 is 24.0 Å². The molecule has 0 aromatic heterocycles. The van der Waals surface area contributed by atoms with Gasteiger partial charge in [-0.3, -0.25) is 9.89 Å². The zero-order valence-electron chi connectivity index (χ0n) is 18.1. The highest BCUT2D eigenvalue weighted by molar-refractivity contribution is 14.0. The lowest BCUT2D eigenvalue weighted by atomic mass is 9.80. The van der Waals surface area contributed by atoms with Gasteiger partial charge in [0, 0.05) is 38.8 Å². The average Bonchev–Trinajstić information content (AvgIpc) is 2.76. The first-order valence-electron chi connectivity index (χ1n) is 10.6. The third-order valence-corrected chi connectivity index (χ3v) is 6.21. The molecule has 0 bridgehead atoms. The highest BCUT2D eigenvalue weighted by Gasteiger charge is 2.38. The third-order valence-electron chi connectivity index (χ3n) is 6.21. The maximum absolute atomic E-state index is 5.59. The molecule has 3 rings (SSSR count). The Kier molecular flexibility index (Phi) is 9.98. The van der Waals surface area contributed by atoms with Crippen LogP contribution in [0.15, 0.2) is 23.2 Å². The van der Waals surface area contributed by atoms with Crippen LogP contribution in [0.3, 0.4) is 0 Å². The molecule has 2 N–H and O–H groups in total. The second kappa shape index (κ2) is 12.0. The van der Waals surface area contributed by atoms with E-state index >= 15 is 0 Å². The monoisotopic (exact) mass is 516 g/mol. The minimum absolute atomic E-state index is 0. The molecule has 1 aromatic rings. The fraction of sp³-hybridized carbons (Fsp3) is 0.682. The number of aliphatic imine (C=N–C) groups is 1. The Morgan fingerprint density at radius 1 is 1.17 bits per heavy atom. The standard InChI is InChI=1S/C22H36N4O2.HI/c1-18-7-8-19(15-20(18)27-3)16-24-21(23-2)25-17-22(9-5-4-6-10-22)26-11-13-28-14-12-26;/h7-8,15H,4-6,9-14,16-17H2,1-3H3,(H2,23,24,25);1H. The van der Waals surface area contributed by atoms with Crippen molar-refractivity contribution in [2.45, 2.75) is 51.1 Å². The normalized spacial score (nSPS) is 19.9. The third kappa shape index (κ3) is 6.46. The molecule has 0 spiro atoms. The lowest BCUT2D eigenvalue weighted by Crippen LogP contribution is -2.60. The van der Waals surface area contributed by atoms with Crippen LogP contribution in [0.4, 0.5) is 0 Å². The summed E-state index contributed by atoms with van der Waals surface area (Å²) >= 11 is 0. The quantitative estimate of drug-likeness (QED) is 0.345. The lowest BCUT2D eigenvalue weighted by molar-refractivity contribution is -0.0352. The molecule has 6 nitrogen and oxygen atoms in total. The molecule has 0 atom stereocenters. The fourth-order valence-electron chi connectivity index (χ4n) is 4.48. The van der Waals surface area contributed by atoms with E-state index in [1.54, 1.807) is 7.11 Å². The molecule has 0 radical (unpaired) electrons. The van der Waals surface area contributed by atoms with Gasteiger partial charge in [-0.05, 0) is 37.0 Å². The molecule has 2 aliphatic rings. The van der Waals surface area contributed by atoms with Crippen molar-refractivity contribution in [1.29, 1.82) is 0 Å². The van der Waals surface area contributed by atoms with E-state index in [9.17, 15) is 0 Å². The number of rotatable bonds is 6. The first kappa shape index (κ1) is 24.2. The molecule has 0 amide bonds. The minimum atomic E-state index is 0. The van der Waals surface area contributed by atoms with Crippen molar-refractivity contribution in [3.05, 3.63) is 29.3 Å². The summed E-state index contributed by atoms with van der Waals surface area (Å²) in [6, 6.07) is 6.32. The molecule has 29 heavy (non-hydrogen) atoms. The first-order chi connectivity index (χ1) is 13.7. The average molecular weight is 516 g/mol. The molecule has 1 heterocycles. The van der Waals surface area contributed by atoms with Crippen LogP contribution < -0.4 is 15.4 Å². The number of morpholine rings is 1. The number of guanidine groups is 1. The van der Waals surface area contributed by atoms with Gasteiger partial charge in [-0.2, -0.15) is 0 Å². The lowest BCUT2D eigenvalue weighted by Gasteiger charge is -2.48.